The van der Waals surface area contributed by atoms with Gasteiger partial charge in [0.1, 0.15) is 5.60 Å². The molecule has 0 spiro atoms. The maximum Gasteiger partial charge on any atom is 0.256 e. The van der Waals surface area contributed by atoms with Crippen molar-refractivity contribution in [2.75, 3.05) is 31.4 Å². The zero-order chi connectivity index (χ0) is 13.1. The van der Waals surface area contributed by atoms with Crippen LogP contribution in [-0.4, -0.2) is 37.7 Å². The lowest BCUT2D eigenvalue weighted by Crippen LogP contribution is -2.39. The van der Waals surface area contributed by atoms with E-state index in [0.717, 1.165) is 0 Å². The number of carbonyl (C=O) groups excluding carboxylic acids is 1. The minimum absolute atomic E-state index is 0.198. The summed E-state index contributed by atoms with van der Waals surface area (Å²) in [5.74, 6) is 0.517. The highest BCUT2D eigenvalue weighted by Crippen LogP contribution is 2.22. The minimum atomic E-state index is -0.862. The first kappa shape index (κ1) is 13.4. The van der Waals surface area contributed by atoms with Crippen LogP contribution in [0.15, 0.2) is 18.3 Å². The van der Waals surface area contributed by atoms with Gasteiger partial charge in [-0.3, -0.25) is 4.79 Å². The van der Waals surface area contributed by atoms with Crippen molar-refractivity contribution in [1.29, 1.82) is 0 Å². The SMILES string of the molecule is COC(C)(C)C(=O)Nc1cccnc1N(C)C. The van der Waals surface area contributed by atoms with E-state index in [1.54, 1.807) is 26.1 Å². The molecular weight excluding hydrogens is 218 g/mol. The summed E-state index contributed by atoms with van der Waals surface area (Å²) < 4.78 is 5.13. The second-order valence-corrected chi connectivity index (χ2v) is 4.44. The molecule has 1 rings (SSSR count). The third-order valence-electron chi connectivity index (χ3n) is 2.52. The van der Waals surface area contributed by atoms with Crippen molar-refractivity contribution in [2.24, 2.45) is 0 Å². The Morgan fingerprint density at radius 1 is 1.47 bits per heavy atom. The van der Waals surface area contributed by atoms with Crippen LogP contribution in [0.3, 0.4) is 0 Å². The molecule has 1 N–H and O–H groups in total. The van der Waals surface area contributed by atoms with Gasteiger partial charge in [-0.2, -0.15) is 0 Å². The fourth-order valence-corrected chi connectivity index (χ4v) is 1.22. The predicted octanol–water partition coefficient (Wildman–Crippen LogP) is 1.51. The Hall–Kier alpha value is -1.62. The van der Waals surface area contributed by atoms with E-state index in [1.165, 1.54) is 7.11 Å². The second-order valence-electron chi connectivity index (χ2n) is 4.44. The Kier molecular flexibility index (Phi) is 4.07. The smallest absolute Gasteiger partial charge is 0.256 e. The Morgan fingerprint density at radius 3 is 2.65 bits per heavy atom. The molecule has 5 heteroatoms. The first-order valence-corrected chi connectivity index (χ1v) is 5.37. The van der Waals surface area contributed by atoms with Gasteiger partial charge in [0.05, 0.1) is 5.69 Å². The van der Waals surface area contributed by atoms with E-state index in [4.69, 9.17) is 4.74 Å². The van der Waals surface area contributed by atoms with Crippen molar-refractivity contribution in [3.05, 3.63) is 18.3 Å². The molecule has 1 aromatic heterocycles. The fourth-order valence-electron chi connectivity index (χ4n) is 1.22. The molecule has 1 aromatic rings. The molecule has 1 heterocycles. The number of hydrogen-bond acceptors (Lipinski definition) is 4. The highest BCUT2D eigenvalue weighted by molar-refractivity contribution is 5.98. The van der Waals surface area contributed by atoms with Crippen LogP contribution in [-0.2, 0) is 9.53 Å². The molecule has 0 saturated heterocycles. The van der Waals surface area contributed by atoms with Crippen molar-refractivity contribution < 1.29 is 9.53 Å². The summed E-state index contributed by atoms with van der Waals surface area (Å²) in [7, 11) is 5.26. The molecule has 1 amide bonds. The van der Waals surface area contributed by atoms with Crippen LogP contribution in [0.5, 0.6) is 0 Å². The minimum Gasteiger partial charge on any atom is -0.369 e. The number of aromatic nitrogens is 1. The molecular formula is C12H19N3O2. The van der Waals surface area contributed by atoms with Gasteiger partial charge in [0, 0.05) is 27.4 Å². The average molecular weight is 237 g/mol. The molecule has 0 atom stereocenters. The van der Waals surface area contributed by atoms with Crippen molar-refractivity contribution in [1.82, 2.24) is 4.98 Å². The number of ether oxygens (including phenoxy) is 1. The molecule has 0 radical (unpaired) electrons. The normalized spacial score (nSPS) is 11.1. The maximum absolute atomic E-state index is 12.0. The number of nitrogens with one attached hydrogen (secondary N) is 1. The van der Waals surface area contributed by atoms with E-state index in [2.05, 4.69) is 10.3 Å². The zero-order valence-electron chi connectivity index (χ0n) is 10.9. The lowest BCUT2D eigenvalue weighted by atomic mass is 10.1. The van der Waals surface area contributed by atoms with Gasteiger partial charge in [-0.15, -0.1) is 0 Å². The fraction of sp³-hybridized carbons (Fsp3) is 0.500. The number of amides is 1. The van der Waals surface area contributed by atoms with Gasteiger partial charge in [0.15, 0.2) is 5.82 Å². The molecule has 5 nitrogen and oxygen atoms in total. The van der Waals surface area contributed by atoms with E-state index in [1.807, 2.05) is 25.1 Å². The molecule has 0 aliphatic heterocycles. The molecule has 0 bridgehead atoms. The van der Waals surface area contributed by atoms with Gasteiger partial charge < -0.3 is 15.0 Å². The average Bonchev–Trinajstić information content (AvgIpc) is 2.29. The third kappa shape index (κ3) is 3.17. The first-order valence-electron chi connectivity index (χ1n) is 5.37. The van der Waals surface area contributed by atoms with E-state index in [-0.39, 0.29) is 5.91 Å². The van der Waals surface area contributed by atoms with E-state index < -0.39 is 5.60 Å². The van der Waals surface area contributed by atoms with Crippen molar-refractivity contribution in [3.8, 4) is 0 Å². The monoisotopic (exact) mass is 237 g/mol. The molecule has 94 valence electrons. The summed E-state index contributed by atoms with van der Waals surface area (Å²) >= 11 is 0. The van der Waals surface area contributed by atoms with Gasteiger partial charge in [0.2, 0.25) is 0 Å². The first-order chi connectivity index (χ1) is 7.88. The number of methoxy groups -OCH3 is 1. The number of rotatable bonds is 4. The summed E-state index contributed by atoms with van der Waals surface area (Å²) in [6.45, 7) is 3.43. The lowest BCUT2D eigenvalue weighted by molar-refractivity contribution is -0.133. The Bertz CT molecular complexity index is 402. The standard InChI is InChI=1S/C12H19N3O2/c1-12(2,17-5)11(16)14-9-7-6-8-13-10(9)15(3)4/h6-8H,1-5H3,(H,14,16). The zero-order valence-corrected chi connectivity index (χ0v) is 10.9. The molecule has 0 aromatic carbocycles. The van der Waals surface area contributed by atoms with Crippen LogP contribution < -0.4 is 10.2 Å². The Morgan fingerprint density at radius 2 is 2.12 bits per heavy atom. The summed E-state index contributed by atoms with van der Waals surface area (Å²) in [6.07, 6.45) is 1.69. The van der Waals surface area contributed by atoms with E-state index >= 15 is 0 Å². The highest BCUT2D eigenvalue weighted by atomic mass is 16.5. The summed E-state index contributed by atoms with van der Waals surface area (Å²) in [4.78, 5) is 18.0. The summed E-state index contributed by atoms with van der Waals surface area (Å²) in [6, 6.07) is 3.59. The Balaban J connectivity index is 2.93. The molecule has 0 saturated carbocycles. The van der Waals surface area contributed by atoms with Gasteiger partial charge in [0.25, 0.3) is 5.91 Å². The number of nitrogens with zero attached hydrogens (tertiary/aromatic N) is 2. The van der Waals surface area contributed by atoms with Crippen molar-refractivity contribution >= 4 is 17.4 Å². The highest BCUT2D eigenvalue weighted by Gasteiger charge is 2.27. The molecule has 0 fully saturated rings. The van der Waals surface area contributed by atoms with Crippen LogP contribution in [0, 0.1) is 0 Å². The van der Waals surface area contributed by atoms with E-state index in [9.17, 15) is 4.79 Å². The van der Waals surface area contributed by atoms with Crippen molar-refractivity contribution in [2.45, 2.75) is 19.4 Å². The molecule has 0 aliphatic rings. The molecule has 0 unspecified atom stereocenters. The van der Waals surface area contributed by atoms with Gasteiger partial charge in [-0.05, 0) is 26.0 Å². The van der Waals surface area contributed by atoms with Crippen LogP contribution in [0.4, 0.5) is 11.5 Å². The van der Waals surface area contributed by atoms with Gasteiger partial charge >= 0.3 is 0 Å². The largest absolute Gasteiger partial charge is 0.369 e. The number of hydrogen-bond donors (Lipinski definition) is 1. The number of anilines is 2. The van der Waals surface area contributed by atoms with Crippen LogP contribution in [0.2, 0.25) is 0 Å². The Labute approximate surface area is 102 Å². The van der Waals surface area contributed by atoms with Gasteiger partial charge in [-0.1, -0.05) is 0 Å². The van der Waals surface area contributed by atoms with Gasteiger partial charge in [-0.25, -0.2) is 4.98 Å². The van der Waals surface area contributed by atoms with Crippen LogP contribution in [0.25, 0.3) is 0 Å². The second kappa shape index (κ2) is 5.14. The predicted molar refractivity (Wildman–Crippen MR) is 68.3 cm³/mol. The van der Waals surface area contributed by atoms with Crippen molar-refractivity contribution in [3.63, 3.8) is 0 Å². The third-order valence-corrected chi connectivity index (χ3v) is 2.52. The molecule has 0 aliphatic carbocycles. The van der Waals surface area contributed by atoms with E-state index in [0.29, 0.717) is 11.5 Å². The van der Waals surface area contributed by atoms with Crippen LogP contribution in [0.1, 0.15) is 13.8 Å². The topological polar surface area (TPSA) is 54.5 Å². The lowest BCUT2D eigenvalue weighted by Gasteiger charge is -2.23. The number of carbonyl (C=O) groups is 1. The summed E-state index contributed by atoms with van der Waals surface area (Å²) in [5.41, 5.74) is -0.188. The van der Waals surface area contributed by atoms with Crippen LogP contribution >= 0.6 is 0 Å². The molecule has 17 heavy (non-hydrogen) atoms. The maximum atomic E-state index is 12.0. The quantitative estimate of drug-likeness (QED) is 0.862. The summed E-state index contributed by atoms with van der Waals surface area (Å²) in [5, 5.41) is 2.81. The number of pyridine rings is 1.